The quantitative estimate of drug-likeness (QED) is 0.814. The summed E-state index contributed by atoms with van der Waals surface area (Å²) in [5, 5.41) is 9.09. The lowest BCUT2D eigenvalue weighted by Gasteiger charge is -2.35. The van der Waals surface area contributed by atoms with Gasteiger partial charge in [-0.25, -0.2) is 0 Å². The van der Waals surface area contributed by atoms with Gasteiger partial charge in [0.25, 0.3) is 0 Å². The fourth-order valence-corrected chi connectivity index (χ4v) is 3.29. The minimum absolute atomic E-state index is 0.0503. The first-order valence-corrected chi connectivity index (χ1v) is 7.88. The molecule has 19 heavy (non-hydrogen) atoms. The number of carbonyl (C=O) groups excluding carboxylic acids is 1. The van der Waals surface area contributed by atoms with Gasteiger partial charge in [0.1, 0.15) is 0 Å². The first-order valence-electron chi connectivity index (χ1n) is 6.89. The van der Waals surface area contributed by atoms with Crippen LogP contribution < -0.4 is 0 Å². The number of carboxylic acids is 1. The lowest BCUT2D eigenvalue weighted by Crippen LogP contribution is -2.35. The molecule has 0 amide bonds. The molecule has 0 saturated heterocycles. The number of aliphatic carboxylic acids is 1. The fraction of sp³-hybridized carbons (Fsp3) is 0.857. The highest BCUT2D eigenvalue weighted by atomic mass is 32.2. The van der Waals surface area contributed by atoms with E-state index in [0.717, 1.165) is 24.6 Å². The van der Waals surface area contributed by atoms with Crippen LogP contribution >= 0.6 is 11.8 Å². The SMILES string of the molecule is CC(=O)SCC(COC1C(C)CCCC1C)C(=O)O. The van der Waals surface area contributed by atoms with Crippen LogP contribution in [0.3, 0.4) is 0 Å². The van der Waals surface area contributed by atoms with Gasteiger partial charge in [-0.1, -0.05) is 32.0 Å². The summed E-state index contributed by atoms with van der Waals surface area (Å²) in [7, 11) is 0. The molecule has 0 aromatic heterocycles. The van der Waals surface area contributed by atoms with E-state index in [4.69, 9.17) is 9.84 Å². The van der Waals surface area contributed by atoms with Crippen LogP contribution in [0.1, 0.15) is 40.0 Å². The summed E-state index contributed by atoms with van der Waals surface area (Å²) >= 11 is 1.06. The van der Waals surface area contributed by atoms with Crippen molar-refractivity contribution in [2.24, 2.45) is 17.8 Å². The van der Waals surface area contributed by atoms with E-state index in [-0.39, 0.29) is 17.8 Å². The average molecular weight is 288 g/mol. The smallest absolute Gasteiger partial charge is 0.309 e. The minimum Gasteiger partial charge on any atom is -0.481 e. The molecule has 0 bridgehead atoms. The number of rotatable bonds is 6. The van der Waals surface area contributed by atoms with E-state index in [9.17, 15) is 9.59 Å². The molecule has 1 saturated carbocycles. The number of thioether (sulfide) groups is 1. The molecule has 110 valence electrons. The fourth-order valence-electron chi connectivity index (χ4n) is 2.62. The second kappa shape index (κ2) is 7.90. The molecule has 0 aliphatic heterocycles. The highest BCUT2D eigenvalue weighted by Crippen LogP contribution is 2.31. The predicted molar refractivity (Wildman–Crippen MR) is 76.2 cm³/mol. The van der Waals surface area contributed by atoms with Gasteiger partial charge >= 0.3 is 5.97 Å². The Morgan fingerprint density at radius 2 is 1.89 bits per heavy atom. The van der Waals surface area contributed by atoms with E-state index in [1.54, 1.807) is 0 Å². The molecule has 3 atom stereocenters. The van der Waals surface area contributed by atoms with Gasteiger partial charge in [0.05, 0.1) is 18.6 Å². The Hall–Kier alpha value is -0.550. The molecule has 1 aliphatic carbocycles. The second-order valence-corrected chi connectivity index (χ2v) is 6.72. The van der Waals surface area contributed by atoms with Crippen molar-refractivity contribution < 1.29 is 19.4 Å². The van der Waals surface area contributed by atoms with Crippen LogP contribution in [0.25, 0.3) is 0 Å². The lowest BCUT2D eigenvalue weighted by molar-refractivity contribution is -0.145. The van der Waals surface area contributed by atoms with E-state index in [1.165, 1.54) is 13.3 Å². The minimum atomic E-state index is -0.884. The van der Waals surface area contributed by atoms with Crippen molar-refractivity contribution in [2.45, 2.75) is 46.1 Å². The van der Waals surface area contributed by atoms with E-state index in [1.807, 2.05) is 0 Å². The van der Waals surface area contributed by atoms with Crippen LogP contribution in [0, 0.1) is 17.8 Å². The molecule has 0 spiro atoms. The first kappa shape index (κ1) is 16.5. The maximum absolute atomic E-state index is 11.1. The average Bonchev–Trinajstić information content (AvgIpc) is 2.31. The summed E-state index contributed by atoms with van der Waals surface area (Å²) in [6, 6.07) is 0. The van der Waals surface area contributed by atoms with Crippen molar-refractivity contribution in [1.29, 1.82) is 0 Å². The molecule has 1 N–H and O–H groups in total. The molecule has 0 heterocycles. The largest absolute Gasteiger partial charge is 0.481 e. The summed E-state index contributed by atoms with van der Waals surface area (Å²) in [5.74, 6) is -0.224. The zero-order chi connectivity index (χ0) is 14.4. The highest BCUT2D eigenvalue weighted by molar-refractivity contribution is 8.13. The zero-order valence-electron chi connectivity index (χ0n) is 11.9. The maximum atomic E-state index is 11.1. The van der Waals surface area contributed by atoms with Gasteiger partial charge in [-0.2, -0.15) is 0 Å². The number of ether oxygens (including phenoxy) is 1. The Kier molecular flexibility index (Phi) is 6.86. The normalized spacial score (nSPS) is 28.9. The topological polar surface area (TPSA) is 63.6 Å². The predicted octanol–water partition coefficient (Wildman–Crippen LogP) is 2.81. The Morgan fingerprint density at radius 3 is 2.37 bits per heavy atom. The van der Waals surface area contributed by atoms with Crippen molar-refractivity contribution in [3.05, 3.63) is 0 Å². The summed E-state index contributed by atoms with van der Waals surface area (Å²) in [5.41, 5.74) is 0. The molecular formula is C14H24O4S. The molecule has 4 nitrogen and oxygen atoms in total. The van der Waals surface area contributed by atoms with Gasteiger partial charge in [-0.15, -0.1) is 0 Å². The summed E-state index contributed by atoms with van der Waals surface area (Å²) in [6.45, 7) is 5.99. The van der Waals surface area contributed by atoms with Crippen LogP contribution in [0.4, 0.5) is 0 Å². The number of hydrogen-bond donors (Lipinski definition) is 1. The first-order chi connectivity index (χ1) is 8.91. The summed E-state index contributed by atoms with van der Waals surface area (Å²) < 4.78 is 5.86. The van der Waals surface area contributed by atoms with Gasteiger partial charge in [0, 0.05) is 12.7 Å². The molecule has 1 fully saturated rings. The van der Waals surface area contributed by atoms with Gasteiger partial charge in [-0.05, 0) is 24.7 Å². The van der Waals surface area contributed by atoms with E-state index in [2.05, 4.69) is 13.8 Å². The molecule has 0 radical (unpaired) electrons. The third-order valence-electron chi connectivity index (χ3n) is 3.77. The van der Waals surface area contributed by atoms with Gasteiger partial charge < -0.3 is 9.84 Å². The monoisotopic (exact) mass is 288 g/mol. The molecule has 5 heteroatoms. The van der Waals surface area contributed by atoms with Crippen molar-refractivity contribution in [3.63, 3.8) is 0 Å². The van der Waals surface area contributed by atoms with Gasteiger partial charge in [0.2, 0.25) is 0 Å². The third-order valence-corrected chi connectivity index (χ3v) is 4.74. The van der Waals surface area contributed by atoms with Crippen LogP contribution in [0.5, 0.6) is 0 Å². The molecule has 0 aromatic rings. The Labute approximate surface area is 119 Å². The number of carbonyl (C=O) groups is 2. The van der Waals surface area contributed by atoms with Crippen molar-refractivity contribution in [1.82, 2.24) is 0 Å². The molecular weight excluding hydrogens is 264 g/mol. The highest BCUT2D eigenvalue weighted by Gasteiger charge is 2.30. The Morgan fingerprint density at radius 1 is 1.32 bits per heavy atom. The standard InChI is InChI=1S/C14H24O4S/c1-9-5-4-6-10(2)13(9)18-7-12(14(16)17)8-19-11(3)15/h9-10,12-13H,4-8H2,1-3H3,(H,16,17). The van der Waals surface area contributed by atoms with Crippen molar-refractivity contribution in [3.8, 4) is 0 Å². The van der Waals surface area contributed by atoms with Crippen LogP contribution in [0.15, 0.2) is 0 Å². The van der Waals surface area contributed by atoms with Crippen LogP contribution in [-0.4, -0.2) is 34.7 Å². The molecule has 0 aromatic carbocycles. The molecule has 3 unspecified atom stereocenters. The Bertz CT molecular complexity index is 309. The molecule has 1 aliphatic rings. The maximum Gasteiger partial charge on any atom is 0.309 e. The van der Waals surface area contributed by atoms with Crippen LogP contribution in [0.2, 0.25) is 0 Å². The molecule has 1 rings (SSSR count). The Balaban J connectivity index is 2.45. The number of hydrogen-bond acceptors (Lipinski definition) is 4. The summed E-state index contributed by atoms with van der Waals surface area (Å²) in [4.78, 5) is 22.1. The van der Waals surface area contributed by atoms with Crippen molar-refractivity contribution in [2.75, 3.05) is 12.4 Å². The van der Waals surface area contributed by atoms with E-state index < -0.39 is 11.9 Å². The van der Waals surface area contributed by atoms with Crippen LogP contribution in [-0.2, 0) is 14.3 Å². The van der Waals surface area contributed by atoms with Gasteiger partial charge in [-0.3, -0.25) is 9.59 Å². The second-order valence-electron chi connectivity index (χ2n) is 5.52. The van der Waals surface area contributed by atoms with Gasteiger partial charge in [0.15, 0.2) is 5.12 Å². The zero-order valence-corrected chi connectivity index (χ0v) is 12.7. The lowest BCUT2D eigenvalue weighted by atomic mass is 9.80. The number of carboxylic acid groups (broad SMARTS) is 1. The van der Waals surface area contributed by atoms with Crippen molar-refractivity contribution >= 4 is 22.8 Å². The third kappa shape index (κ3) is 5.53. The van der Waals surface area contributed by atoms with E-state index in [0.29, 0.717) is 17.6 Å². The van der Waals surface area contributed by atoms with E-state index >= 15 is 0 Å². The summed E-state index contributed by atoms with van der Waals surface area (Å²) in [6.07, 6.45) is 3.67.